The van der Waals surface area contributed by atoms with E-state index in [9.17, 15) is 9.50 Å². The minimum Gasteiger partial charge on any atom is -0.393 e. The molecule has 0 saturated carbocycles. The number of nitrogens with zero attached hydrogens (tertiary/aromatic N) is 5. The second-order valence-electron chi connectivity index (χ2n) is 8.90. The van der Waals surface area contributed by atoms with Crippen molar-refractivity contribution in [1.82, 2.24) is 20.0 Å². The van der Waals surface area contributed by atoms with Crippen molar-refractivity contribution in [1.29, 1.82) is 0 Å². The summed E-state index contributed by atoms with van der Waals surface area (Å²) in [4.78, 5) is 8.83. The second kappa shape index (κ2) is 12.5. The van der Waals surface area contributed by atoms with E-state index in [0.717, 1.165) is 23.8 Å². The second-order valence-corrected chi connectivity index (χ2v) is 8.90. The van der Waals surface area contributed by atoms with Crippen molar-refractivity contribution in [3.05, 3.63) is 47.0 Å². The molecule has 33 heavy (non-hydrogen) atoms. The predicted octanol–water partition coefficient (Wildman–Crippen LogP) is 3.86. The van der Waals surface area contributed by atoms with Crippen LogP contribution in [0.15, 0.2) is 29.4 Å². The Labute approximate surface area is 214 Å². The van der Waals surface area contributed by atoms with Gasteiger partial charge in [-0.2, -0.15) is 5.10 Å². The van der Waals surface area contributed by atoms with Crippen LogP contribution in [0.3, 0.4) is 0 Å². The number of aromatic nitrogens is 2. The number of benzene rings is 1. The normalized spacial score (nSPS) is 15.0. The van der Waals surface area contributed by atoms with E-state index < -0.39 is 0 Å². The van der Waals surface area contributed by atoms with Crippen LogP contribution in [0.4, 0.5) is 10.1 Å². The molecule has 1 fully saturated rings. The summed E-state index contributed by atoms with van der Waals surface area (Å²) in [5, 5.41) is 17.6. The average Bonchev–Trinajstić information content (AvgIpc) is 3.12. The fourth-order valence-corrected chi connectivity index (χ4v) is 4.14. The van der Waals surface area contributed by atoms with Gasteiger partial charge in [0.25, 0.3) is 0 Å². The van der Waals surface area contributed by atoms with E-state index in [1.807, 2.05) is 42.7 Å². The molecule has 0 atom stereocenters. The molecule has 0 spiro atoms. The molecule has 0 bridgehead atoms. The number of guanidine groups is 1. The van der Waals surface area contributed by atoms with E-state index in [1.54, 1.807) is 6.07 Å². The van der Waals surface area contributed by atoms with Crippen LogP contribution in [0.5, 0.6) is 0 Å². The van der Waals surface area contributed by atoms with E-state index in [-0.39, 0.29) is 35.9 Å². The largest absolute Gasteiger partial charge is 0.393 e. The predicted molar refractivity (Wildman–Crippen MR) is 143 cm³/mol. The third kappa shape index (κ3) is 7.30. The van der Waals surface area contributed by atoms with Gasteiger partial charge in [-0.3, -0.25) is 4.68 Å². The molecule has 9 heteroatoms. The molecule has 7 nitrogen and oxygen atoms in total. The molecule has 2 N–H and O–H groups in total. The third-order valence-corrected chi connectivity index (χ3v) is 5.82. The maximum atomic E-state index is 14.8. The maximum absolute atomic E-state index is 14.8. The van der Waals surface area contributed by atoms with Crippen molar-refractivity contribution < 1.29 is 9.50 Å². The smallest absolute Gasteiger partial charge is 0.194 e. The fraction of sp³-hybridized carbons (Fsp3) is 0.583. The lowest BCUT2D eigenvalue weighted by molar-refractivity contribution is 0.145. The summed E-state index contributed by atoms with van der Waals surface area (Å²) in [6.45, 7) is 9.53. The highest BCUT2D eigenvalue weighted by atomic mass is 127. The maximum Gasteiger partial charge on any atom is 0.194 e. The van der Waals surface area contributed by atoms with Crippen molar-refractivity contribution in [2.24, 2.45) is 12.0 Å². The van der Waals surface area contributed by atoms with E-state index in [1.165, 1.54) is 5.56 Å². The van der Waals surface area contributed by atoms with Gasteiger partial charge in [-0.1, -0.05) is 19.9 Å². The van der Waals surface area contributed by atoms with Crippen molar-refractivity contribution in [2.45, 2.75) is 58.7 Å². The standard InChI is InChI=1S/C24H37FN6O.HI/c1-6-26-24(29(4)15-19-16-30(5)28-23(19)17(2)3)27-14-18-7-8-22(21(25)13-18)31-11-9-20(32)10-12-31;/h7-8,13,16-17,20,32H,6,9-12,14-15H2,1-5H3,(H,26,27);1H. The number of hydrogen-bond acceptors (Lipinski definition) is 4. The minimum atomic E-state index is -0.271. The number of halogens is 2. The summed E-state index contributed by atoms with van der Waals surface area (Å²) >= 11 is 0. The number of hydrogen-bond donors (Lipinski definition) is 2. The molecule has 2 aromatic rings. The molecule has 1 saturated heterocycles. The van der Waals surface area contributed by atoms with Gasteiger partial charge in [0.15, 0.2) is 5.96 Å². The van der Waals surface area contributed by atoms with Gasteiger partial charge in [-0.25, -0.2) is 9.38 Å². The van der Waals surface area contributed by atoms with Gasteiger partial charge in [-0.05, 0) is 43.4 Å². The Morgan fingerprint density at radius 3 is 2.64 bits per heavy atom. The molecule has 0 amide bonds. The van der Waals surface area contributed by atoms with Crippen molar-refractivity contribution >= 4 is 35.6 Å². The number of nitrogens with one attached hydrogen (secondary N) is 1. The van der Waals surface area contributed by atoms with Crippen molar-refractivity contribution in [3.8, 4) is 0 Å². The summed E-state index contributed by atoms with van der Waals surface area (Å²) in [7, 11) is 3.95. The molecule has 1 aliphatic heterocycles. The molecular formula is C24H38FIN6O. The van der Waals surface area contributed by atoms with E-state index in [2.05, 4.69) is 35.4 Å². The highest BCUT2D eigenvalue weighted by Crippen LogP contribution is 2.25. The van der Waals surface area contributed by atoms with Gasteiger partial charge in [0, 0.05) is 52.0 Å². The van der Waals surface area contributed by atoms with Crippen LogP contribution in [0.25, 0.3) is 0 Å². The molecule has 3 rings (SSSR count). The van der Waals surface area contributed by atoms with Gasteiger partial charge >= 0.3 is 0 Å². The minimum absolute atomic E-state index is 0. The van der Waals surface area contributed by atoms with Crippen LogP contribution in [-0.4, -0.2) is 58.5 Å². The molecule has 2 heterocycles. The number of anilines is 1. The van der Waals surface area contributed by atoms with Gasteiger partial charge < -0.3 is 20.2 Å². The Balaban J connectivity index is 0.00000385. The Kier molecular flexibility index (Phi) is 10.4. The Hall–Kier alpha value is -1.88. The zero-order valence-electron chi connectivity index (χ0n) is 20.4. The number of aliphatic imine (C=N–C) groups is 1. The summed E-state index contributed by atoms with van der Waals surface area (Å²) in [5.74, 6) is 0.897. The lowest BCUT2D eigenvalue weighted by atomic mass is 10.1. The van der Waals surface area contributed by atoms with Gasteiger partial charge in [0.1, 0.15) is 5.82 Å². The van der Waals surface area contributed by atoms with Gasteiger partial charge in [-0.15, -0.1) is 24.0 Å². The SMILES string of the molecule is CCNC(=NCc1ccc(N2CCC(O)CC2)c(F)c1)N(C)Cc1cn(C)nc1C(C)C.I. The highest BCUT2D eigenvalue weighted by molar-refractivity contribution is 14.0. The fourth-order valence-electron chi connectivity index (χ4n) is 4.14. The topological polar surface area (TPSA) is 68.9 Å². The average molecular weight is 573 g/mol. The first kappa shape index (κ1) is 27.4. The van der Waals surface area contributed by atoms with Gasteiger partial charge in [0.2, 0.25) is 0 Å². The molecule has 0 unspecified atom stereocenters. The number of piperidine rings is 1. The van der Waals surface area contributed by atoms with Crippen molar-refractivity contribution in [2.75, 3.05) is 31.6 Å². The Bertz CT molecular complexity index is 924. The van der Waals surface area contributed by atoms with E-state index >= 15 is 0 Å². The lowest BCUT2D eigenvalue weighted by Crippen LogP contribution is -2.38. The monoisotopic (exact) mass is 572 g/mol. The van der Waals surface area contributed by atoms with Crippen LogP contribution in [-0.2, 0) is 20.1 Å². The summed E-state index contributed by atoms with van der Waals surface area (Å²) in [6, 6.07) is 5.35. The number of aliphatic hydroxyl groups excluding tert-OH is 1. The molecular weight excluding hydrogens is 534 g/mol. The number of rotatable bonds is 7. The molecule has 1 aromatic heterocycles. The third-order valence-electron chi connectivity index (χ3n) is 5.82. The number of aliphatic hydroxyl groups is 1. The zero-order chi connectivity index (χ0) is 23.3. The van der Waals surface area contributed by atoms with E-state index in [4.69, 9.17) is 4.99 Å². The van der Waals surface area contributed by atoms with E-state index in [0.29, 0.717) is 50.6 Å². The summed E-state index contributed by atoms with van der Waals surface area (Å²) < 4.78 is 16.6. The molecule has 184 valence electrons. The zero-order valence-corrected chi connectivity index (χ0v) is 22.7. The number of aryl methyl sites for hydroxylation is 1. The first-order valence-electron chi connectivity index (χ1n) is 11.5. The first-order valence-corrected chi connectivity index (χ1v) is 11.5. The van der Waals surface area contributed by atoms with Crippen LogP contribution in [0.1, 0.15) is 56.4 Å². The van der Waals surface area contributed by atoms with Crippen molar-refractivity contribution in [3.63, 3.8) is 0 Å². The molecule has 1 aromatic carbocycles. The highest BCUT2D eigenvalue weighted by Gasteiger charge is 2.20. The Morgan fingerprint density at radius 2 is 2.03 bits per heavy atom. The van der Waals surface area contributed by atoms with Crippen LogP contribution in [0, 0.1) is 5.82 Å². The summed E-state index contributed by atoms with van der Waals surface area (Å²) in [6.07, 6.45) is 3.15. The molecule has 1 aliphatic rings. The van der Waals surface area contributed by atoms with Gasteiger partial charge in [0.05, 0.1) is 24.0 Å². The lowest BCUT2D eigenvalue weighted by Gasteiger charge is -2.31. The van der Waals surface area contributed by atoms with Crippen LogP contribution >= 0.6 is 24.0 Å². The first-order chi connectivity index (χ1) is 15.3. The van der Waals surface area contributed by atoms with Crippen LogP contribution < -0.4 is 10.2 Å². The van der Waals surface area contributed by atoms with Crippen LogP contribution in [0.2, 0.25) is 0 Å². The Morgan fingerprint density at radius 1 is 1.33 bits per heavy atom. The molecule has 0 aliphatic carbocycles. The quantitative estimate of drug-likeness (QED) is 0.300. The molecule has 0 radical (unpaired) electrons. The summed E-state index contributed by atoms with van der Waals surface area (Å²) in [5.41, 5.74) is 3.71.